The van der Waals surface area contributed by atoms with Gasteiger partial charge in [0.05, 0.1) is 15.6 Å². The number of carbonyl (C=O) groups excluding carboxylic acids is 1. The van der Waals surface area contributed by atoms with Gasteiger partial charge < -0.3 is 15.1 Å². The Kier molecular flexibility index (Phi) is 8.91. The third-order valence-corrected chi connectivity index (χ3v) is 7.67. The van der Waals surface area contributed by atoms with Crippen molar-refractivity contribution in [2.75, 3.05) is 56.0 Å². The minimum Gasteiger partial charge on any atom is -0.382 e. The number of amides is 1. The van der Waals surface area contributed by atoms with Gasteiger partial charge in [0, 0.05) is 63.1 Å². The molecule has 2 saturated heterocycles. The molecule has 2 heterocycles. The van der Waals surface area contributed by atoms with Crippen LogP contribution in [0.15, 0.2) is 42.5 Å². The van der Waals surface area contributed by atoms with Crippen molar-refractivity contribution in [3.05, 3.63) is 58.1 Å². The number of likely N-dealkylation sites (tertiary alicyclic amines) is 1. The number of halogens is 5. The minimum atomic E-state index is -4.31. The van der Waals surface area contributed by atoms with Crippen LogP contribution in [0.25, 0.3) is 0 Å². The van der Waals surface area contributed by atoms with Gasteiger partial charge in [-0.3, -0.25) is 9.69 Å². The second-order valence-corrected chi connectivity index (χ2v) is 10.2. The van der Waals surface area contributed by atoms with Crippen LogP contribution in [0.4, 0.5) is 24.5 Å². The number of hydrogen-bond donors (Lipinski definition) is 1. The molecule has 0 radical (unpaired) electrons. The number of alkyl halides is 3. The van der Waals surface area contributed by atoms with Gasteiger partial charge in [-0.15, -0.1) is 0 Å². The number of anilines is 2. The summed E-state index contributed by atoms with van der Waals surface area (Å²) in [5.41, 5.74) is 1.13. The summed E-state index contributed by atoms with van der Waals surface area (Å²) in [6, 6.07) is 11.2. The highest BCUT2D eigenvalue weighted by molar-refractivity contribution is 6.42. The van der Waals surface area contributed by atoms with Crippen molar-refractivity contribution in [2.24, 2.45) is 0 Å². The summed E-state index contributed by atoms with van der Waals surface area (Å²) in [7, 11) is 0. The van der Waals surface area contributed by atoms with Gasteiger partial charge in [-0.2, -0.15) is 13.2 Å². The molecule has 0 saturated carbocycles. The van der Waals surface area contributed by atoms with Crippen LogP contribution >= 0.6 is 23.2 Å². The average molecular weight is 543 g/mol. The number of rotatable bonds is 7. The van der Waals surface area contributed by atoms with E-state index in [-0.39, 0.29) is 5.91 Å². The predicted octanol–water partition coefficient (Wildman–Crippen LogP) is 6.02. The van der Waals surface area contributed by atoms with E-state index in [0.29, 0.717) is 22.5 Å². The number of carbonyl (C=O) groups is 1. The molecule has 1 N–H and O–H groups in total. The van der Waals surface area contributed by atoms with Crippen molar-refractivity contribution in [2.45, 2.75) is 37.9 Å². The maximum atomic E-state index is 12.8. The van der Waals surface area contributed by atoms with Crippen molar-refractivity contribution in [3.63, 3.8) is 0 Å². The molecule has 2 fully saturated rings. The summed E-state index contributed by atoms with van der Waals surface area (Å²) in [5.74, 6) is 0.200. The summed E-state index contributed by atoms with van der Waals surface area (Å²) in [6.07, 6.45) is -1.20. The van der Waals surface area contributed by atoms with E-state index >= 15 is 0 Å². The molecule has 10 heteroatoms. The molecule has 2 aliphatic rings. The Morgan fingerprint density at radius 3 is 2.19 bits per heavy atom. The highest BCUT2D eigenvalue weighted by Crippen LogP contribution is 2.31. The lowest BCUT2D eigenvalue weighted by Gasteiger charge is -2.36. The lowest BCUT2D eigenvalue weighted by molar-refractivity contribution is -0.137. The van der Waals surface area contributed by atoms with Crippen molar-refractivity contribution >= 4 is 40.5 Å². The first-order valence-electron chi connectivity index (χ1n) is 12.3. The Morgan fingerprint density at radius 1 is 0.917 bits per heavy atom. The first-order chi connectivity index (χ1) is 17.2. The maximum Gasteiger partial charge on any atom is 0.416 e. The van der Waals surface area contributed by atoms with E-state index in [1.54, 1.807) is 18.2 Å². The maximum absolute atomic E-state index is 12.8. The first-order valence-corrected chi connectivity index (χ1v) is 13.1. The standard InChI is InChI=1S/C26H31Cl2F3N4O/c27-23-8-5-21(18-24(23)28)32-20-9-12-35(13-10-20)25(36)2-1-11-33-14-16-34(17-15-33)22-6-3-19(4-7-22)26(29,30)31/h3-8,18,20,32H,1-2,9-17H2. The monoisotopic (exact) mass is 542 g/mol. The quantitative estimate of drug-likeness (QED) is 0.464. The van der Waals surface area contributed by atoms with Crippen molar-refractivity contribution in [1.29, 1.82) is 0 Å². The Labute approximate surface area is 220 Å². The molecule has 1 amide bonds. The Bertz CT molecular complexity index is 1020. The van der Waals surface area contributed by atoms with Gasteiger partial charge >= 0.3 is 6.18 Å². The van der Waals surface area contributed by atoms with Crippen LogP contribution in [0.1, 0.15) is 31.2 Å². The SMILES string of the molecule is O=C(CCCN1CCN(c2ccc(C(F)(F)F)cc2)CC1)N1CCC(Nc2ccc(Cl)c(Cl)c2)CC1. The molecular weight excluding hydrogens is 512 g/mol. The molecule has 36 heavy (non-hydrogen) atoms. The van der Waals surface area contributed by atoms with E-state index in [0.717, 1.165) is 88.6 Å². The Hall–Kier alpha value is -2.16. The van der Waals surface area contributed by atoms with Crippen LogP contribution in [0, 0.1) is 0 Å². The van der Waals surface area contributed by atoms with Gasteiger partial charge in [-0.25, -0.2) is 0 Å². The smallest absolute Gasteiger partial charge is 0.382 e. The van der Waals surface area contributed by atoms with Crippen molar-refractivity contribution < 1.29 is 18.0 Å². The Morgan fingerprint density at radius 2 is 1.58 bits per heavy atom. The molecule has 0 spiro atoms. The largest absolute Gasteiger partial charge is 0.416 e. The van der Waals surface area contributed by atoms with E-state index in [9.17, 15) is 18.0 Å². The molecule has 0 bridgehead atoms. The van der Waals surface area contributed by atoms with Crippen molar-refractivity contribution in [3.8, 4) is 0 Å². The van der Waals surface area contributed by atoms with Crippen LogP contribution in [0.2, 0.25) is 10.0 Å². The summed E-state index contributed by atoms with van der Waals surface area (Å²) in [6.45, 7) is 5.52. The summed E-state index contributed by atoms with van der Waals surface area (Å²) >= 11 is 12.1. The van der Waals surface area contributed by atoms with Crippen LogP contribution in [0.5, 0.6) is 0 Å². The fourth-order valence-corrected chi connectivity index (χ4v) is 5.10. The second kappa shape index (κ2) is 11.9. The molecule has 0 unspecified atom stereocenters. The summed E-state index contributed by atoms with van der Waals surface area (Å²) < 4.78 is 38.3. The van der Waals surface area contributed by atoms with Crippen LogP contribution in [-0.4, -0.2) is 67.6 Å². The third kappa shape index (κ3) is 7.20. The number of benzene rings is 2. The zero-order valence-electron chi connectivity index (χ0n) is 20.0. The van der Waals surface area contributed by atoms with Crippen LogP contribution < -0.4 is 10.2 Å². The number of piperazine rings is 1. The van der Waals surface area contributed by atoms with Gasteiger partial charge in [0.15, 0.2) is 0 Å². The van der Waals surface area contributed by atoms with E-state index < -0.39 is 11.7 Å². The van der Waals surface area contributed by atoms with Crippen molar-refractivity contribution in [1.82, 2.24) is 9.80 Å². The molecule has 5 nitrogen and oxygen atoms in total. The van der Waals surface area contributed by atoms with Gasteiger partial charge in [0.25, 0.3) is 0 Å². The van der Waals surface area contributed by atoms with E-state index in [1.165, 1.54) is 0 Å². The molecule has 0 aliphatic carbocycles. The molecule has 196 valence electrons. The molecule has 0 aromatic heterocycles. The normalized spacial score (nSPS) is 17.9. The average Bonchev–Trinajstić information content (AvgIpc) is 2.87. The number of nitrogens with one attached hydrogen (secondary N) is 1. The fraction of sp³-hybridized carbons (Fsp3) is 0.500. The number of hydrogen-bond acceptors (Lipinski definition) is 4. The predicted molar refractivity (Wildman–Crippen MR) is 139 cm³/mol. The van der Waals surface area contributed by atoms with E-state index in [4.69, 9.17) is 23.2 Å². The minimum absolute atomic E-state index is 0.200. The molecule has 2 aromatic carbocycles. The highest BCUT2D eigenvalue weighted by atomic mass is 35.5. The van der Waals surface area contributed by atoms with E-state index in [1.807, 2.05) is 17.0 Å². The molecule has 2 aromatic rings. The van der Waals surface area contributed by atoms with Gasteiger partial charge in [-0.1, -0.05) is 23.2 Å². The number of nitrogens with zero attached hydrogens (tertiary/aromatic N) is 3. The zero-order valence-corrected chi connectivity index (χ0v) is 21.5. The lowest BCUT2D eigenvalue weighted by atomic mass is 10.0. The number of piperidine rings is 1. The molecule has 4 rings (SSSR count). The molecular formula is C26H31Cl2F3N4O. The fourth-order valence-electron chi connectivity index (χ4n) is 4.80. The second-order valence-electron chi connectivity index (χ2n) is 9.41. The summed E-state index contributed by atoms with van der Waals surface area (Å²) in [4.78, 5) is 19.1. The first kappa shape index (κ1) is 26.9. The van der Waals surface area contributed by atoms with Gasteiger partial charge in [0.1, 0.15) is 0 Å². The molecule has 0 atom stereocenters. The highest BCUT2D eigenvalue weighted by Gasteiger charge is 2.30. The zero-order chi connectivity index (χ0) is 25.7. The summed E-state index contributed by atoms with van der Waals surface area (Å²) in [5, 5.41) is 4.53. The van der Waals surface area contributed by atoms with Gasteiger partial charge in [-0.05, 0) is 68.3 Å². The van der Waals surface area contributed by atoms with Gasteiger partial charge in [0.2, 0.25) is 5.91 Å². The van der Waals surface area contributed by atoms with Crippen LogP contribution in [0.3, 0.4) is 0 Å². The van der Waals surface area contributed by atoms with E-state index in [2.05, 4.69) is 15.1 Å². The Balaban J connectivity index is 1.12. The van der Waals surface area contributed by atoms with Crippen LogP contribution in [-0.2, 0) is 11.0 Å². The topological polar surface area (TPSA) is 38.8 Å². The third-order valence-electron chi connectivity index (χ3n) is 6.94. The molecule has 2 aliphatic heterocycles. The lowest BCUT2D eigenvalue weighted by Crippen LogP contribution is -2.47.